The van der Waals surface area contributed by atoms with Gasteiger partial charge in [-0.05, 0) is 155 Å². The summed E-state index contributed by atoms with van der Waals surface area (Å²) in [4.78, 5) is 40.9. The standard InChI is InChI=1S/C43H62ClNO5/c1-26(2)37-33(46)23-43(21-22-45(8)25-28-9-11-29(44)12-10-28)20-16-32-30(38(37)43)13-14-35-41(6)19-17-34(27(3)31(41)15-18-42(32,35)7)50-36(47)24-40(4,5)39(48)49/h9-12,26-27,30-32,34-35H,13-25H2,1-8H3,(H,48,49). The molecule has 0 bridgehead atoms. The highest BCUT2D eigenvalue weighted by Gasteiger charge is 2.65. The van der Waals surface area contributed by atoms with Crippen molar-refractivity contribution in [2.24, 2.45) is 57.2 Å². The maximum Gasteiger partial charge on any atom is 0.309 e. The average Bonchev–Trinajstić information content (AvgIpc) is 3.35. The number of hydrogen-bond acceptors (Lipinski definition) is 5. The lowest BCUT2D eigenvalue weighted by Gasteiger charge is -2.67. The molecule has 0 amide bonds. The second-order valence-electron chi connectivity index (χ2n) is 18.8. The molecule has 6 nitrogen and oxygen atoms in total. The Bertz CT molecular complexity index is 1520. The van der Waals surface area contributed by atoms with Crippen LogP contribution in [0.25, 0.3) is 0 Å². The summed E-state index contributed by atoms with van der Waals surface area (Å²) in [6, 6.07) is 8.16. The van der Waals surface area contributed by atoms with Gasteiger partial charge in [0.25, 0.3) is 0 Å². The van der Waals surface area contributed by atoms with E-state index in [0.717, 1.165) is 50.2 Å². The highest BCUT2D eigenvalue weighted by Crippen LogP contribution is 2.72. The van der Waals surface area contributed by atoms with Gasteiger partial charge in [-0.2, -0.15) is 0 Å². The molecule has 1 N–H and O–H groups in total. The Labute approximate surface area is 306 Å². The van der Waals surface area contributed by atoms with Crippen LogP contribution in [0.4, 0.5) is 0 Å². The van der Waals surface area contributed by atoms with Gasteiger partial charge in [0.15, 0.2) is 5.78 Å². The Kier molecular flexibility index (Phi) is 10.3. The fourth-order valence-corrected chi connectivity index (χ4v) is 12.7. The first-order valence-corrected chi connectivity index (χ1v) is 19.9. The third-order valence-electron chi connectivity index (χ3n) is 15.0. The van der Waals surface area contributed by atoms with Gasteiger partial charge in [-0.25, -0.2) is 0 Å². The van der Waals surface area contributed by atoms with Gasteiger partial charge in [0.1, 0.15) is 6.10 Å². The number of Topliss-reactive ketones (excluding diaryl/α,β-unsaturated/α-hetero) is 1. The Hall–Kier alpha value is -2.18. The maximum absolute atomic E-state index is 13.9. The third kappa shape index (κ3) is 6.52. The molecule has 1 aromatic carbocycles. The van der Waals surface area contributed by atoms with Crippen molar-refractivity contribution in [3.8, 4) is 0 Å². The van der Waals surface area contributed by atoms with Crippen LogP contribution in [0.1, 0.15) is 125 Å². The van der Waals surface area contributed by atoms with Gasteiger partial charge < -0.3 is 14.7 Å². The lowest BCUT2D eigenvalue weighted by atomic mass is 9.38. The number of esters is 1. The molecule has 4 saturated carbocycles. The number of halogens is 1. The van der Waals surface area contributed by atoms with Crippen LogP contribution in [-0.2, 0) is 25.7 Å². The van der Waals surface area contributed by atoms with Gasteiger partial charge in [0.05, 0.1) is 11.8 Å². The minimum Gasteiger partial charge on any atom is -0.481 e. The molecule has 0 saturated heterocycles. The molecule has 50 heavy (non-hydrogen) atoms. The van der Waals surface area contributed by atoms with Crippen molar-refractivity contribution in [2.75, 3.05) is 13.6 Å². The molecule has 276 valence electrons. The lowest BCUT2D eigenvalue weighted by Crippen LogP contribution is -2.60. The molecule has 9 atom stereocenters. The Morgan fingerprint density at radius 3 is 2.30 bits per heavy atom. The molecular weight excluding hydrogens is 646 g/mol. The molecule has 4 fully saturated rings. The normalized spacial score (nSPS) is 36.9. The molecule has 0 aliphatic heterocycles. The minimum absolute atomic E-state index is 0.0118. The van der Waals surface area contributed by atoms with Crippen molar-refractivity contribution < 1.29 is 24.2 Å². The Morgan fingerprint density at radius 2 is 1.64 bits per heavy atom. The van der Waals surface area contributed by atoms with Crippen molar-refractivity contribution in [2.45, 2.75) is 132 Å². The van der Waals surface area contributed by atoms with Crippen LogP contribution in [0.2, 0.25) is 5.02 Å². The quantitative estimate of drug-likeness (QED) is 0.244. The van der Waals surface area contributed by atoms with E-state index in [2.05, 4.69) is 58.7 Å². The topological polar surface area (TPSA) is 83.9 Å². The van der Waals surface area contributed by atoms with Crippen LogP contribution in [-0.4, -0.2) is 47.4 Å². The van der Waals surface area contributed by atoms with Gasteiger partial charge in [-0.1, -0.05) is 63.9 Å². The number of allylic oxidation sites excluding steroid dienone is 2. The number of hydrogen-bond donors (Lipinski definition) is 1. The molecule has 0 spiro atoms. The van der Waals surface area contributed by atoms with Crippen LogP contribution in [0, 0.1) is 57.2 Å². The first-order valence-electron chi connectivity index (χ1n) is 19.6. The van der Waals surface area contributed by atoms with E-state index in [1.807, 2.05) is 12.1 Å². The summed E-state index contributed by atoms with van der Waals surface area (Å²) in [5.74, 6) is 1.73. The van der Waals surface area contributed by atoms with Crippen molar-refractivity contribution in [3.63, 3.8) is 0 Å². The van der Waals surface area contributed by atoms with Crippen LogP contribution in [0.15, 0.2) is 35.4 Å². The molecule has 7 heteroatoms. The maximum atomic E-state index is 13.9. The summed E-state index contributed by atoms with van der Waals surface area (Å²) in [6.07, 6.45) is 10.4. The van der Waals surface area contributed by atoms with Crippen LogP contribution < -0.4 is 0 Å². The van der Waals surface area contributed by atoms with Gasteiger partial charge in [0.2, 0.25) is 0 Å². The summed E-state index contributed by atoms with van der Waals surface area (Å²) in [7, 11) is 2.21. The number of carbonyl (C=O) groups excluding carboxylic acids is 2. The molecule has 1 aromatic rings. The summed E-state index contributed by atoms with van der Waals surface area (Å²) in [5.41, 5.74) is 3.26. The monoisotopic (exact) mass is 707 g/mol. The number of carboxylic acids is 1. The van der Waals surface area contributed by atoms with E-state index in [9.17, 15) is 19.5 Å². The largest absolute Gasteiger partial charge is 0.481 e. The highest BCUT2D eigenvalue weighted by atomic mass is 35.5. The van der Waals surface area contributed by atoms with E-state index >= 15 is 0 Å². The van der Waals surface area contributed by atoms with Crippen LogP contribution in [0.3, 0.4) is 0 Å². The predicted molar refractivity (Wildman–Crippen MR) is 199 cm³/mol. The second kappa shape index (κ2) is 13.7. The van der Waals surface area contributed by atoms with E-state index in [1.165, 1.54) is 36.8 Å². The smallest absolute Gasteiger partial charge is 0.309 e. The molecule has 6 rings (SSSR count). The minimum atomic E-state index is -1.13. The summed E-state index contributed by atoms with van der Waals surface area (Å²) in [6.45, 7) is 16.9. The van der Waals surface area contributed by atoms with E-state index in [4.69, 9.17) is 16.3 Å². The number of fused-ring (bicyclic) bond motifs is 7. The van der Waals surface area contributed by atoms with E-state index < -0.39 is 11.4 Å². The van der Waals surface area contributed by atoms with Crippen molar-refractivity contribution in [3.05, 3.63) is 46.0 Å². The van der Waals surface area contributed by atoms with Crippen LogP contribution in [0.5, 0.6) is 0 Å². The van der Waals surface area contributed by atoms with Crippen molar-refractivity contribution in [1.82, 2.24) is 4.90 Å². The van der Waals surface area contributed by atoms with Gasteiger partial charge >= 0.3 is 11.9 Å². The van der Waals surface area contributed by atoms with E-state index in [1.54, 1.807) is 19.4 Å². The third-order valence-corrected chi connectivity index (χ3v) is 15.3. The molecule has 5 aliphatic rings. The van der Waals surface area contributed by atoms with Gasteiger partial charge in [0, 0.05) is 23.4 Å². The zero-order valence-corrected chi connectivity index (χ0v) is 32.7. The number of carbonyl (C=O) groups is 3. The number of nitrogens with zero attached hydrogens (tertiary/aromatic N) is 1. The highest BCUT2D eigenvalue weighted by molar-refractivity contribution is 6.30. The molecule has 5 aliphatic carbocycles. The Balaban J connectivity index is 1.20. The van der Waals surface area contributed by atoms with E-state index in [-0.39, 0.29) is 46.6 Å². The first kappa shape index (κ1) is 37.6. The fourth-order valence-electron chi connectivity index (χ4n) is 12.5. The summed E-state index contributed by atoms with van der Waals surface area (Å²) in [5, 5.41) is 10.3. The zero-order valence-electron chi connectivity index (χ0n) is 31.9. The first-order chi connectivity index (χ1) is 23.4. The van der Waals surface area contributed by atoms with Crippen LogP contribution >= 0.6 is 11.6 Å². The number of carboxylic acid groups (broad SMARTS) is 1. The lowest BCUT2D eigenvalue weighted by molar-refractivity contribution is -0.192. The van der Waals surface area contributed by atoms with Gasteiger partial charge in [-0.3, -0.25) is 14.4 Å². The number of ketones is 1. The average molecular weight is 708 g/mol. The molecule has 9 unspecified atom stereocenters. The van der Waals surface area contributed by atoms with Crippen molar-refractivity contribution >= 4 is 29.3 Å². The Morgan fingerprint density at radius 1 is 1.00 bits per heavy atom. The zero-order chi connectivity index (χ0) is 36.4. The molecule has 0 heterocycles. The molecule has 0 aromatic heterocycles. The summed E-state index contributed by atoms with van der Waals surface area (Å²) < 4.78 is 6.06. The SMILES string of the molecule is CC(C)C1=C2C3CCC4C(C)(CCC5C(C)C(OC(=O)CC(C)(C)C(=O)O)CCC54C)C3CCC2(CCN(C)Cc2ccc(Cl)cc2)CC1=O. The number of ether oxygens (including phenoxy) is 1. The number of benzene rings is 1. The fraction of sp³-hybridized carbons (Fsp3) is 0.744. The summed E-state index contributed by atoms with van der Waals surface area (Å²) >= 11 is 6.15. The van der Waals surface area contributed by atoms with E-state index in [0.29, 0.717) is 35.9 Å². The van der Waals surface area contributed by atoms with Gasteiger partial charge in [-0.15, -0.1) is 0 Å². The molecular formula is C43H62ClNO5. The number of aliphatic carboxylic acids is 1. The second-order valence-corrected chi connectivity index (χ2v) is 19.2. The van der Waals surface area contributed by atoms with Crippen molar-refractivity contribution in [1.29, 1.82) is 0 Å². The molecule has 0 radical (unpaired) electrons. The number of rotatable bonds is 10. The predicted octanol–water partition coefficient (Wildman–Crippen LogP) is 9.78.